The van der Waals surface area contributed by atoms with E-state index in [1.165, 1.54) is 25.8 Å². The summed E-state index contributed by atoms with van der Waals surface area (Å²) in [5, 5.41) is 4.47. The van der Waals surface area contributed by atoms with E-state index in [1.807, 2.05) is 17.9 Å². The fraction of sp³-hybridized carbons (Fsp3) is 0.727. The Kier molecular flexibility index (Phi) is 3.46. The van der Waals surface area contributed by atoms with Crippen molar-refractivity contribution in [1.29, 1.82) is 0 Å². The Hall–Kier alpha value is -0.350. The lowest BCUT2D eigenvalue weighted by molar-refractivity contribution is 0.150. The van der Waals surface area contributed by atoms with Crippen molar-refractivity contribution in [2.24, 2.45) is 7.05 Å². The van der Waals surface area contributed by atoms with Gasteiger partial charge >= 0.3 is 0 Å². The highest BCUT2D eigenvalue weighted by Gasteiger charge is 2.20. The predicted molar refractivity (Wildman–Crippen MR) is 64.6 cm³/mol. The molecule has 1 unspecified atom stereocenters. The zero-order valence-corrected chi connectivity index (χ0v) is 11.0. The molecule has 0 radical (unpaired) electrons. The van der Waals surface area contributed by atoms with Crippen LogP contribution in [0.25, 0.3) is 0 Å². The summed E-state index contributed by atoms with van der Waals surface area (Å²) in [7, 11) is 1.97. The maximum atomic E-state index is 4.47. The molecule has 1 aliphatic rings. The standard InChI is InChI=1S/C11H18BrN3/c1-9-5-3-4-6-15(9)8-11-10(12)7-14(2)13-11/h7,9H,3-6,8H2,1-2H3. The van der Waals surface area contributed by atoms with E-state index in [1.54, 1.807) is 0 Å². The number of aryl methyl sites for hydroxylation is 1. The number of likely N-dealkylation sites (tertiary alicyclic amines) is 1. The second-order valence-electron chi connectivity index (χ2n) is 4.41. The molecule has 1 aromatic rings. The van der Waals surface area contributed by atoms with Crippen LogP contribution in [-0.4, -0.2) is 27.3 Å². The average Bonchev–Trinajstić information content (AvgIpc) is 2.49. The largest absolute Gasteiger partial charge is 0.295 e. The maximum absolute atomic E-state index is 4.47. The molecule has 1 aliphatic heterocycles. The molecule has 0 amide bonds. The summed E-state index contributed by atoms with van der Waals surface area (Å²) in [5.41, 5.74) is 1.16. The van der Waals surface area contributed by atoms with Crippen LogP contribution in [0.3, 0.4) is 0 Å². The van der Waals surface area contributed by atoms with Gasteiger partial charge in [0, 0.05) is 25.8 Å². The molecule has 2 heterocycles. The number of piperidine rings is 1. The van der Waals surface area contributed by atoms with Gasteiger partial charge in [-0.25, -0.2) is 0 Å². The van der Waals surface area contributed by atoms with Gasteiger partial charge in [-0.2, -0.15) is 5.10 Å². The summed E-state index contributed by atoms with van der Waals surface area (Å²) in [5.74, 6) is 0. The molecule has 1 atom stereocenters. The third kappa shape index (κ3) is 2.61. The van der Waals surface area contributed by atoms with E-state index in [2.05, 4.69) is 32.9 Å². The maximum Gasteiger partial charge on any atom is 0.0906 e. The summed E-state index contributed by atoms with van der Waals surface area (Å²) in [6, 6.07) is 0.702. The van der Waals surface area contributed by atoms with Gasteiger partial charge in [-0.1, -0.05) is 6.42 Å². The van der Waals surface area contributed by atoms with Crippen molar-refractivity contribution in [2.45, 2.75) is 38.8 Å². The van der Waals surface area contributed by atoms with Crippen LogP contribution in [0, 0.1) is 0 Å². The third-order valence-electron chi connectivity index (χ3n) is 3.15. The monoisotopic (exact) mass is 271 g/mol. The Morgan fingerprint density at radius 2 is 2.33 bits per heavy atom. The van der Waals surface area contributed by atoms with Crippen molar-refractivity contribution >= 4 is 15.9 Å². The second-order valence-corrected chi connectivity index (χ2v) is 5.27. The third-order valence-corrected chi connectivity index (χ3v) is 3.81. The molecule has 0 aliphatic carbocycles. The molecule has 3 nitrogen and oxygen atoms in total. The molecule has 0 spiro atoms. The summed E-state index contributed by atoms with van der Waals surface area (Å²) < 4.78 is 3.00. The van der Waals surface area contributed by atoms with E-state index >= 15 is 0 Å². The first-order chi connectivity index (χ1) is 7.16. The highest BCUT2D eigenvalue weighted by molar-refractivity contribution is 9.10. The van der Waals surface area contributed by atoms with E-state index in [0.717, 1.165) is 16.7 Å². The quantitative estimate of drug-likeness (QED) is 0.825. The Labute approximate surface area is 99.6 Å². The van der Waals surface area contributed by atoms with E-state index in [4.69, 9.17) is 0 Å². The van der Waals surface area contributed by atoms with Gasteiger partial charge in [0.15, 0.2) is 0 Å². The number of hydrogen-bond acceptors (Lipinski definition) is 2. The molecule has 1 aromatic heterocycles. The molecule has 2 rings (SSSR count). The lowest BCUT2D eigenvalue weighted by Gasteiger charge is -2.32. The lowest BCUT2D eigenvalue weighted by Crippen LogP contribution is -2.36. The number of aromatic nitrogens is 2. The van der Waals surface area contributed by atoms with Crippen molar-refractivity contribution < 1.29 is 0 Å². The van der Waals surface area contributed by atoms with Crippen molar-refractivity contribution in [2.75, 3.05) is 6.54 Å². The van der Waals surface area contributed by atoms with Crippen molar-refractivity contribution in [3.63, 3.8) is 0 Å². The second kappa shape index (κ2) is 4.66. The van der Waals surface area contributed by atoms with Crippen LogP contribution in [-0.2, 0) is 13.6 Å². The topological polar surface area (TPSA) is 21.1 Å². The number of halogens is 1. The van der Waals surface area contributed by atoms with Crippen molar-refractivity contribution in [3.8, 4) is 0 Å². The first kappa shape index (κ1) is 11.1. The van der Waals surface area contributed by atoms with Crippen LogP contribution in [0.15, 0.2) is 10.7 Å². The Bertz CT molecular complexity index is 335. The molecule has 0 bridgehead atoms. The first-order valence-electron chi connectivity index (χ1n) is 5.59. The van der Waals surface area contributed by atoms with Crippen LogP contribution in [0.4, 0.5) is 0 Å². The lowest BCUT2D eigenvalue weighted by atomic mass is 10.0. The van der Waals surface area contributed by atoms with E-state index in [9.17, 15) is 0 Å². The summed E-state index contributed by atoms with van der Waals surface area (Å²) in [6.07, 6.45) is 6.05. The summed E-state index contributed by atoms with van der Waals surface area (Å²) in [4.78, 5) is 2.52. The number of nitrogens with zero attached hydrogens (tertiary/aromatic N) is 3. The minimum Gasteiger partial charge on any atom is -0.295 e. The van der Waals surface area contributed by atoms with E-state index in [-0.39, 0.29) is 0 Å². The molecule has 0 N–H and O–H groups in total. The number of rotatable bonds is 2. The SMILES string of the molecule is CC1CCCCN1Cc1nn(C)cc1Br. The van der Waals surface area contributed by atoms with Gasteiger partial charge in [0.05, 0.1) is 10.2 Å². The van der Waals surface area contributed by atoms with Gasteiger partial charge < -0.3 is 0 Å². The van der Waals surface area contributed by atoms with Gasteiger partial charge in [0.2, 0.25) is 0 Å². The molecule has 1 fully saturated rings. The highest BCUT2D eigenvalue weighted by Crippen LogP contribution is 2.22. The van der Waals surface area contributed by atoms with Gasteiger partial charge in [-0.05, 0) is 42.2 Å². The van der Waals surface area contributed by atoms with Crippen LogP contribution in [0.5, 0.6) is 0 Å². The molecule has 84 valence electrons. The fourth-order valence-corrected chi connectivity index (χ4v) is 2.70. The average molecular weight is 272 g/mol. The van der Waals surface area contributed by atoms with Gasteiger partial charge in [-0.15, -0.1) is 0 Å². The fourth-order valence-electron chi connectivity index (χ4n) is 2.20. The predicted octanol–water partition coefficient (Wildman–Crippen LogP) is 2.56. The molecule has 0 aromatic carbocycles. The summed E-state index contributed by atoms with van der Waals surface area (Å²) >= 11 is 3.55. The summed E-state index contributed by atoms with van der Waals surface area (Å²) in [6.45, 7) is 4.50. The Morgan fingerprint density at radius 3 is 2.93 bits per heavy atom. The molecule has 15 heavy (non-hydrogen) atoms. The van der Waals surface area contributed by atoms with Crippen molar-refractivity contribution in [1.82, 2.24) is 14.7 Å². The smallest absolute Gasteiger partial charge is 0.0906 e. The van der Waals surface area contributed by atoms with Crippen LogP contribution in [0.1, 0.15) is 31.9 Å². The first-order valence-corrected chi connectivity index (χ1v) is 6.38. The molecule has 0 saturated carbocycles. The normalized spacial score (nSPS) is 23.3. The van der Waals surface area contributed by atoms with Crippen LogP contribution >= 0.6 is 15.9 Å². The minimum atomic E-state index is 0.702. The van der Waals surface area contributed by atoms with E-state index in [0.29, 0.717) is 6.04 Å². The zero-order valence-electron chi connectivity index (χ0n) is 9.41. The zero-order chi connectivity index (χ0) is 10.8. The number of hydrogen-bond donors (Lipinski definition) is 0. The Morgan fingerprint density at radius 1 is 1.53 bits per heavy atom. The molecule has 1 saturated heterocycles. The molecular weight excluding hydrogens is 254 g/mol. The van der Waals surface area contributed by atoms with E-state index < -0.39 is 0 Å². The minimum absolute atomic E-state index is 0.702. The van der Waals surface area contributed by atoms with Crippen LogP contribution in [0.2, 0.25) is 0 Å². The van der Waals surface area contributed by atoms with Gasteiger partial charge in [0.25, 0.3) is 0 Å². The van der Waals surface area contributed by atoms with Crippen molar-refractivity contribution in [3.05, 3.63) is 16.4 Å². The Balaban J connectivity index is 2.04. The van der Waals surface area contributed by atoms with Crippen LogP contribution < -0.4 is 0 Å². The van der Waals surface area contributed by atoms with Gasteiger partial charge in [0.1, 0.15) is 0 Å². The van der Waals surface area contributed by atoms with Gasteiger partial charge in [-0.3, -0.25) is 9.58 Å². The molecule has 4 heteroatoms. The highest BCUT2D eigenvalue weighted by atomic mass is 79.9. The molecular formula is C11H18BrN3.